The molecule has 1 amide bonds. The Hall–Kier alpha value is -2.76. The quantitative estimate of drug-likeness (QED) is 0.693. The number of benzene rings is 1. The first kappa shape index (κ1) is 16.1. The Kier molecular flexibility index (Phi) is 5.15. The number of hydrogen-bond acceptors (Lipinski definition) is 5. The largest absolute Gasteiger partial charge is 0.372 e. The lowest BCUT2D eigenvalue weighted by molar-refractivity contribution is 0.0949. The van der Waals surface area contributed by atoms with Crippen LogP contribution < -0.4 is 10.3 Å². The predicted molar refractivity (Wildman–Crippen MR) is 94.2 cm³/mol. The maximum atomic E-state index is 11.9. The summed E-state index contributed by atoms with van der Waals surface area (Å²) in [4.78, 5) is 22.1. The number of amides is 1. The number of nitrogens with zero attached hydrogens (tertiary/aromatic N) is 4. The number of aromatic nitrogens is 2. The molecule has 24 heavy (non-hydrogen) atoms. The van der Waals surface area contributed by atoms with Crippen LogP contribution in [0, 0.1) is 0 Å². The maximum absolute atomic E-state index is 11.9. The number of hydrazone groups is 1. The summed E-state index contributed by atoms with van der Waals surface area (Å²) in [6.45, 7) is 4.12. The molecule has 0 radical (unpaired) electrons. The zero-order chi connectivity index (χ0) is 16.8. The molecule has 2 aromatic rings. The molecule has 0 unspecified atom stereocenters. The van der Waals surface area contributed by atoms with Crippen LogP contribution in [0.4, 0.5) is 5.69 Å². The number of carbonyl (C=O) groups is 1. The zero-order valence-corrected chi connectivity index (χ0v) is 13.8. The van der Waals surface area contributed by atoms with Crippen LogP contribution in [-0.4, -0.2) is 34.7 Å². The van der Waals surface area contributed by atoms with E-state index in [-0.39, 0.29) is 11.6 Å². The Morgan fingerprint density at radius 3 is 2.54 bits per heavy atom. The van der Waals surface area contributed by atoms with Crippen molar-refractivity contribution in [3.63, 3.8) is 0 Å². The molecule has 2 heterocycles. The minimum Gasteiger partial charge on any atom is -0.372 e. The van der Waals surface area contributed by atoms with E-state index in [0.29, 0.717) is 0 Å². The predicted octanol–water partition coefficient (Wildman–Crippen LogP) is 2.62. The van der Waals surface area contributed by atoms with Crippen LogP contribution >= 0.6 is 0 Å². The van der Waals surface area contributed by atoms with Gasteiger partial charge in [-0.15, -0.1) is 0 Å². The third-order valence-corrected chi connectivity index (χ3v) is 4.13. The van der Waals surface area contributed by atoms with Gasteiger partial charge in [0.15, 0.2) is 0 Å². The van der Waals surface area contributed by atoms with Crippen LogP contribution in [0.3, 0.4) is 0 Å². The molecule has 1 N–H and O–H groups in total. The van der Waals surface area contributed by atoms with Gasteiger partial charge in [0.2, 0.25) is 0 Å². The monoisotopic (exact) mass is 323 g/mol. The molecule has 1 aliphatic rings. The van der Waals surface area contributed by atoms with Gasteiger partial charge in [-0.1, -0.05) is 12.1 Å². The molecule has 0 aliphatic carbocycles. The summed E-state index contributed by atoms with van der Waals surface area (Å²) >= 11 is 0. The van der Waals surface area contributed by atoms with Gasteiger partial charge < -0.3 is 4.90 Å². The van der Waals surface area contributed by atoms with Crippen molar-refractivity contribution in [2.45, 2.75) is 26.2 Å². The zero-order valence-electron chi connectivity index (χ0n) is 13.8. The Bertz CT molecular complexity index is 706. The molecule has 1 aromatic carbocycles. The van der Waals surface area contributed by atoms with Crippen LogP contribution in [0.5, 0.6) is 0 Å². The van der Waals surface area contributed by atoms with Crippen molar-refractivity contribution in [1.82, 2.24) is 15.4 Å². The molecule has 0 spiro atoms. The number of nitrogens with one attached hydrogen (secondary N) is 1. The van der Waals surface area contributed by atoms with Crippen LogP contribution in [-0.2, 0) is 0 Å². The smallest absolute Gasteiger partial charge is 0.291 e. The Morgan fingerprint density at radius 2 is 1.88 bits per heavy atom. The summed E-state index contributed by atoms with van der Waals surface area (Å²) in [6, 6.07) is 8.31. The van der Waals surface area contributed by atoms with Gasteiger partial charge >= 0.3 is 0 Å². The normalized spacial score (nSPS) is 15.2. The van der Waals surface area contributed by atoms with Crippen LogP contribution in [0.1, 0.15) is 42.2 Å². The summed E-state index contributed by atoms with van der Waals surface area (Å²) in [7, 11) is 0. The Labute approximate surface area is 141 Å². The molecule has 1 aliphatic heterocycles. The van der Waals surface area contributed by atoms with Crippen molar-refractivity contribution in [2.24, 2.45) is 5.10 Å². The summed E-state index contributed by atoms with van der Waals surface area (Å²) in [5.74, 6) is -0.368. The number of rotatable bonds is 4. The SMILES string of the molecule is CC(=NNC(=O)c1cnccn1)c1ccc(N2CCCCC2)cc1. The third kappa shape index (κ3) is 3.95. The van der Waals surface area contributed by atoms with Crippen LogP contribution in [0.25, 0.3) is 0 Å². The first-order valence-corrected chi connectivity index (χ1v) is 8.20. The number of anilines is 1. The second-order valence-corrected chi connectivity index (χ2v) is 5.82. The molecule has 6 heteroatoms. The molecule has 3 rings (SSSR count). The fourth-order valence-electron chi connectivity index (χ4n) is 2.74. The van der Waals surface area contributed by atoms with Gasteiger partial charge in [0.1, 0.15) is 5.69 Å². The summed E-state index contributed by atoms with van der Waals surface area (Å²) in [5.41, 5.74) is 5.73. The highest BCUT2D eigenvalue weighted by molar-refractivity contribution is 6.00. The fraction of sp³-hybridized carbons (Fsp3) is 0.333. The summed E-state index contributed by atoms with van der Waals surface area (Å²) in [5, 5.41) is 4.15. The average Bonchev–Trinajstić information content (AvgIpc) is 2.67. The maximum Gasteiger partial charge on any atom is 0.291 e. The number of carbonyl (C=O) groups excluding carboxylic acids is 1. The number of piperidine rings is 1. The first-order chi connectivity index (χ1) is 11.7. The summed E-state index contributed by atoms with van der Waals surface area (Å²) < 4.78 is 0. The van der Waals surface area contributed by atoms with Crippen molar-refractivity contribution >= 4 is 17.3 Å². The highest BCUT2D eigenvalue weighted by atomic mass is 16.2. The number of hydrogen-bond donors (Lipinski definition) is 1. The van der Waals surface area contributed by atoms with Crippen LogP contribution in [0.2, 0.25) is 0 Å². The second-order valence-electron chi connectivity index (χ2n) is 5.82. The van der Waals surface area contributed by atoms with Gasteiger partial charge in [0.05, 0.1) is 11.9 Å². The van der Waals surface area contributed by atoms with Gasteiger partial charge in [0, 0.05) is 31.2 Å². The molecule has 1 fully saturated rings. The van der Waals surface area contributed by atoms with E-state index in [4.69, 9.17) is 0 Å². The lowest BCUT2D eigenvalue weighted by atomic mass is 10.1. The Balaban J connectivity index is 1.64. The summed E-state index contributed by atoms with van der Waals surface area (Å²) in [6.07, 6.45) is 8.26. The molecular weight excluding hydrogens is 302 g/mol. The topological polar surface area (TPSA) is 70.5 Å². The minimum atomic E-state index is -0.368. The van der Waals surface area contributed by atoms with E-state index in [9.17, 15) is 4.79 Å². The van der Waals surface area contributed by atoms with E-state index >= 15 is 0 Å². The highest BCUT2D eigenvalue weighted by Crippen LogP contribution is 2.20. The molecule has 0 bridgehead atoms. The molecule has 0 atom stereocenters. The van der Waals surface area contributed by atoms with Crippen molar-refractivity contribution in [1.29, 1.82) is 0 Å². The van der Waals surface area contributed by atoms with Crippen molar-refractivity contribution < 1.29 is 4.79 Å². The average molecular weight is 323 g/mol. The van der Waals surface area contributed by atoms with Crippen molar-refractivity contribution in [2.75, 3.05) is 18.0 Å². The van der Waals surface area contributed by atoms with E-state index in [1.807, 2.05) is 19.1 Å². The van der Waals surface area contributed by atoms with E-state index in [2.05, 4.69) is 37.5 Å². The second kappa shape index (κ2) is 7.68. The van der Waals surface area contributed by atoms with E-state index in [1.54, 1.807) is 0 Å². The first-order valence-electron chi connectivity index (χ1n) is 8.20. The van der Waals surface area contributed by atoms with Crippen molar-refractivity contribution in [3.05, 3.63) is 54.1 Å². The standard InChI is InChI=1S/C18H21N5O/c1-14(21-22-18(24)17-13-19-9-10-20-17)15-5-7-16(8-6-15)23-11-3-2-4-12-23/h5-10,13H,2-4,11-12H2,1H3,(H,22,24). The van der Waals surface area contributed by atoms with Gasteiger partial charge in [-0.2, -0.15) is 5.10 Å². The van der Waals surface area contributed by atoms with Crippen LogP contribution in [0.15, 0.2) is 48.0 Å². The minimum absolute atomic E-state index is 0.245. The molecule has 124 valence electrons. The lowest BCUT2D eigenvalue weighted by Gasteiger charge is -2.28. The highest BCUT2D eigenvalue weighted by Gasteiger charge is 2.11. The van der Waals surface area contributed by atoms with Gasteiger partial charge in [-0.25, -0.2) is 10.4 Å². The van der Waals surface area contributed by atoms with Crippen molar-refractivity contribution in [3.8, 4) is 0 Å². The molecular formula is C18H21N5O. The molecule has 0 saturated carbocycles. The fourth-order valence-corrected chi connectivity index (χ4v) is 2.74. The third-order valence-electron chi connectivity index (χ3n) is 4.13. The van der Waals surface area contributed by atoms with Gasteiger partial charge in [-0.3, -0.25) is 9.78 Å². The van der Waals surface area contributed by atoms with E-state index in [0.717, 1.165) is 24.4 Å². The molecule has 1 saturated heterocycles. The molecule has 6 nitrogen and oxygen atoms in total. The van der Waals surface area contributed by atoms with E-state index < -0.39 is 0 Å². The molecule has 1 aromatic heterocycles. The van der Waals surface area contributed by atoms with E-state index in [1.165, 1.54) is 43.5 Å². The Morgan fingerprint density at radius 1 is 1.12 bits per heavy atom. The van der Waals surface area contributed by atoms with Gasteiger partial charge in [0.25, 0.3) is 5.91 Å². The lowest BCUT2D eigenvalue weighted by Crippen LogP contribution is -2.29. The van der Waals surface area contributed by atoms with Gasteiger partial charge in [-0.05, 0) is 43.9 Å².